The summed E-state index contributed by atoms with van der Waals surface area (Å²) in [5.74, 6) is 0.600. The summed E-state index contributed by atoms with van der Waals surface area (Å²) in [6.07, 6.45) is 0. The van der Waals surface area contributed by atoms with E-state index in [1.807, 2.05) is 6.92 Å². The van der Waals surface area contributed by atoms with Crippen LogP contribution in [0.2, 0.25) is 0 Å². The number of ether oxygens (including phenoxy) is 2. The summed E-state index contributed by atoms with van der Waals surface area (Å²) in [5.41, 5.74) is 1.92. The summed E-state index contributed by atoms with van der Waals surface area (Å²) in [4.78, 5) is 6.97. The summed E-state index contributed by atoms with van der Waals surface area (Å²) in [7, 11) is 0. The van der Waals surface area contributed by atoms with Crippen molar-refractivity contribution < 1.29 is 9.47 Å². The Morgan fingerprint density at radius 3 is 3.25 bits per heavy atom. The lowest BCUT2D eigenvalue weighted by Gasteiger charge is -2.17. The number of aryl methyl sites for hydroxylation is 1. The summed E-state index contributed by atoms with van der Waals surface area (Å²) in [6, 6.07) is 0. The first-order chi connectivity index (χ1) is 5.77. The van der Waals surface area contributed by atoms with Crippen molar-refractivity contribution in [2.75, 3.05) is 6.79 Å². The molecule has 1 aromatic heterocycles. The van der Waals surface area contributed by atoms with Crippen LogP contribution >= 0.6 is 12.2 Å². The fourth-order valence-corrected chi connectivity index (χ4v) is 1.35. The Hall–Kier alpha value is -0.940. The number of rotatable bonds is 0. The molecule has 0 amide bonds. The van der Waals surface area contributed by atoms with E-state index in [4.69, 9.17) is 21.7 Å². The molecule has 0 aliphatic carbocycles. The summed E-state index contributed by atoms with van der Waals surface area (Å²) in [5, 5.41) is 0. The minimum atomic E-state index is 0.262. The van der Waals surface area contributed by atoms with Gasteiger partial charge in [-0.2, -0.15) is 4.98 Å². The summed E-state index contributed by atoms with van der Waals surface area (Å²) >= 11 is 4.90. The highest BCUT2D eigenvalue weighted by molar-refractivity contribution is 7.71. The molecular weight excluding hydrogens is 176 g/mol. The molecule has 0 bridgehead atoms. The van der Waals surface area contributed by atoms with Crippen molar-refractivity contribution in [3.05, 3.63) is 16.0 Å². The molecule has 0 spiro atoms. The molecule has 0 radical (unpaired) electrons. The minimum absolute atomic E-state index is 0.262. The zero-order chi connectivity index (χ0) is 8.55. The second-order valence-corrected chi connectivity index (χ2v) is 2.95. The van der Waals surface area contributed by atoms with Crippen molar-refractivity contribution >= 4 is 12.2 Å². The van der Waals surface area contributed by atoms with Gasteiger partial charge in [0.1, 0.15) is 0 Å². The van der Waals surface area contributed by atoms with Gasteiger partial charge in [-0.25, -0.2) is 0 Å². The molecule has 4 nitrogen and oxygen atoms in total. The number of fused-ring (bicyclic) bond motifs is 1. The van der Waals surface area contributed by atoms with Gasteiger partial charge in [0, 0.05) is 5.69 Å². The monoisotopic (exact) mass is 184 g/mol. The molecule has 0 unspecified atom stereocenters. The Balaban J connectivity index is 2.60. The molecule has 0 saturated carbocycles. The van der Waals surface area contributed by atoms with Crippen molar-refractivity contribution in [3.63, 3.8) is 0 Å². The average molecular weight is 184 g/mol. The van der Waals surface area contributed by atoms with Crippen molar-refractivity contribution in [3.8, 4) is 5.88 Å². The van der Waals surface area contributed by atoms with E-state index in [0.717, 1.165) is 11.3 Å². The molecule has 2 heterocycles. The van der Waals surface area contributed by atoms with Crippen LogP contribution in [0.4, 0.5) is 0 Å². The lowest BCUT2D eigenvalue weighted by molar-refractivity contribution is -0.0205. The average Bonchev–Trinajstić information content (AvgIpc) is 2.04. The summed E-state index contributed by atoms with van der Waals surface area (Å²) in [6.45, 7) is 2.73. The van der Waals surface area contributed by atoms with E-state index in [9.17, 15) is 0 Å². The van der Waals surface area contributed by atoms with Gasteiger partial charge in [0.15, 0.2) is 11.6 Å². The van der Waals surface area contributed by atoms with E-state index in [2.05, 4.69) is 9.97 Å². The zero-order valence-electron chi connectivity index (χ0n) is 6.59. The van der Waals surface area contributed by atoms with E-state index in [1.54, 1.807) is 0 Å². The lowest BCUT2D eigenvalue weighted by Crippen LogP contribution is -2.14. The van der Waals surface area contributed by atoms with E-state index < -0.39 is 0 Å². The first kappa shape index (κ1) is 7.70. The van der Waals surface area contributed by atoms with Crippen LogP contribution in [0.15, 0.2) is 0 Å². The predicted molar refractivity (Wildman–Crippen MR) is 44.4 cm³/mol. The number of nitrogens with zero attached hydrogens (tertiary/aromatic N) is 1. The van der Waals surface area contributed by atoms with Crippen molar-refractivity contribution in [2.45, 2.75) is 13.5 Å². The SMILES string of the molecule is Cc1[nH]c(=S)nc2c1COCO2. The van der Waals surface area contributed by atoms with Crippen LogP contribution in [0.1, 0.15) is 11.3 Å². The maximum Gasteiger partial charge on any atom is 0.225 e. The van der Waals surface area contributed by atoms with Gasteiger partial charge >= 0.3 is 0 Å². The number of hydrogen-bond acceptors (Lipinski definition) is 4. The second kappa shape index (κ2) is 2.84. The molecule has 1 aliphatic heterocycles. The van der Waals surface area contributed by atoms with Gasteiger partial charge in [-0.15, -0.1) is 0 Å². The molecule has 1 N–H and O–H groups in total. The molecule has 12 heavy (non-hydrogen) atoms. The molecule has 0 aromatic carbocycles. The Morgan fingerprint density at radius 1 is 1.58 bits per heavy atom. The lowest BCUT2D eigenvalue weighted by atomic mass is 10.2. The second-order valence-electron chi connectivity index (χ2n) is 2.56. The maximum atomic E-state index is 5.17. The first-order valence-corrected chi connectivity index (χ1v) is 3.98. The highest BCUT2D eigenvalue weighted by atomic mass is 32.1. The molecule has 2 rings (SSSR count). The van der Waals surface area contributed by atoms with Gasteiger partial charge in [-0.3, -0.25) is 0 Å². The van der Waals surface area contributed by atoms with Crippen LogP contribution in [-0.2, 0) is 11.3 Å². The largest absolute Gasteiger partial charge is 0.450 e. The predicted octanol–water partition coefficient (Wildman–Crippen LogP) is 1.31. The maximum absolute atomic E-state index is 5.17. The number of aromatic nitrogens is 2. The molecule has 5 heteroatoms. The molecule has 0 fully saturated rings. The summed E-state index contributed by atoms with van der Waals surface area (Å²) < 4.78 is 10.7. The number of H-pyrrole nitrogens is 1. The van der Waals surface area contributed by atoms with E-state index in [0.29, 0.717) is 17.3 Å². The first-order valence-electron chi connectivity index (χ1n) is 3.58. The standard InChI is InChI=1S/C7H8N2O2S/c1-4-5-2-10-3-11-6(5)9-7(12)8-4/h2-3H2,1H3,(H,8,9,12). The minimum Gasteiger partial charge on any atom is -0.450 e. The van der Waals surface area contributed by atoms with Gasteiger partial charge in [0.25, 0.3) is 0 Å². The van der Waals surface area contributed by atoms with E-state index in [1.165, 1.54) is 0 Å². The van der Waals surface area contributed by atoms with E-state index in [-0.39, 0.29) is 6.79 Å². The Kier molecular flexibility index (Phi) is 1.82. The Bertz CT molecular complexity index is 361. The van der Waals surface area contributed by atoms with Gasteiger partial charge in [0.2, 0.25) is 5.88 Å². The van der Waals surface area contributed by atoms with Gasteiger partial charge in [-0.1, -0.05) is 0 Å². The van der Waals surface area contributed by atoms with Gasteiger partial charge in [-0.05, 0) is 19.1 Å². The van der Waals surface area contributed by atoms with Crippen LogP contribution in [-0.4, -0.2) is 16.8 Å². The van der Waals surface area contributed by atoms with Crippen LogP contribution in [0.5, 0.6) is 5.88 Å². The molecule has 1 aromatic rings. The molecule has 1 aliphatic rings. The molecule has 0 atom stereocenters. The van der Waals surface area contributed by atoms with Crippen LogP contribution in [0.3, 0.4) is 0 Å². The highest BCUT2D eigenvalue weighted by Crippen LogP contribution is 2.21. The normalized spacial score (nSPS) is 15.1. The third-order valence-electron chi connectivity index (χ3n) is 1.73. The number of nitrogens with one attached hydrogen (secondary N) is 1. The van der Waals surface area contributed by atoms with Crippen molar-refractivity contribution in [1.82, 2.24) is 9.97 Å². The number of hydrogen-bond donors (Lipinski definition) is 1. The smallest absolute Gasteiger partial charge is 0.225 e. The third-order valence-corrected chi connectivity index (χ3v) is 1.93. The Labute approximate surface area is 74.5 Å². The molecule has 0 saturated heterocycles. The molecule has 64 valence electrons. The fraction of sp³-hybridized carbons (Fsp3) is 0.429. The van der Waals surface area contributed by atoms with Gasteiger partial charge in [0.05, 0.1) is 12.2 Å². The van der Waals surface area contributed by atoms with Crippen LogP contribution in [0.25, 0.3) is 0 Å². The van der Waals surface area contributed by atoms with E-state index >= 15 is 0 Å². The molecular formula is C7H8N2O2S. The van der Waals surface area contributed by atoms with Crippen molar-refractivity contribution in [2.24, 2.45) is 0 Å². The van der Waals surface area contributed by atoms with Crippen LogP contribution < -0.4 is 4.74 Å². The number of aromatic amines is 1. The quantitative estimate of drug-likeness (QED) is 0.618. The zero-order valence-corrected chi connectivity index (χ0v) is 7.40. The highest BCUT2D eigenvalue weighted by Gasteiger charge is 2.14. The third kappa shape index (κ3) is 1.21. The fourth-order valence-electron chi connectivity index (χ4n) is 1.11. The van der Waals surface area contributed by atoms with Gasteiger partial charge < -0.3 is 14.5 Å². The van der Waals surface area contributed by atoms with Crippen molar-refractivity contribution in [1.29, 1.82) is 0 Å². The Morgan fingerprint density at radius 2 is 2.42 bits per heavy atom. The van der Waals surface area contributed by atoms with Crippen LogP contribution in [0, 0.1) is 11.7 Å². The topological polar surface area (TPSA) is 47.1 Å².